The molecule has 64 heavy (non-hydrogen) atoms. The fraction of sp³-hybridized carbons (Fsp3) is 0.154. The van der Waals surface area contributed by atoms with Crippen LogP contribution < -0.4 is 59.3 Å². The minimum atomic E-state index is 0.625. The predicted molar refractivity (Wildman–Crippen MR) is 246 cm³/mol. The van der Waals surface area contributed by atoms with Crippen LogP contribution in [0.4, 0.5) is 0 Å². The summed E-state index contributed by atoms with van der Waals surface area (Å²) in [5.74, 6) is 5.00. The van der Waals surface area contributed by atoms with Gasteiger partial charge in [0.2, 0.25) is 0 Å². The van der Waals surface area contributed by atoms with E-state index in [1.165, 1.54) is 0 Å². The van der Waals surface area contributed by atoms with Gasteiger partial charge in [0.15, 0.2) is 0 Å². The summed E-state index contributed by atoms with van der Waals surface area (Å²) in [6, 6.07) is 39.5. The lowest BCUT2D eigenvalue weighted by Crippen LogP contribution is -2.20. The zero-order chi connectivity index (χ0) is 44.5. The molecule has 0 saturated heterocycles. The summed E-state index contributed by atoms with van der Waals surface area (Å²) < 4.78 is 48.5. The first-order valence-corrected chi connectivity index (χ1v) is 20.5. The van der Waals surface area contributed by atoms with Crippen LogP contribution in [0.25, 0.3) is 22.3 Å². The second-order valence-electron chi connectivity index (χ2n) is 14.8. The molecule has 1 aliphatic heterocycles. The minimum absolute atomic E-state index is 0.625. The van der Waals surface area contributed by atoms with Gasteiger partial charge in [-0.05, 0) is 97.1 Å². The third-order valence-electron chi connectivity index (χ3n) is 11.6. The fourth-order valence-corrected chi connectivity index (χ4v) is 8.80. The Kier molecular flexibility index (Phi) is 11.2. The number of nitrogens with one attached hydrogen (secondary N) is 4. The maximum atomic E-state index is 6.06. The third-order valence-corrected chi connectivity index (χ3v) is 11.6. The predicted octanol–water partition coefficient (Wildman–Crippen LogP) is 6.37. The van der Waals surface area contributed by atoms with E-state index in [2.05, 4.69) is 68.5 Å². The highest BCUT2D eigenvalue weighted by Crippen LogP contribution is 2.42. The molecule has 4 aromatic carbocycles. The number of aromatic amines is 4. The van der Waals surface area contributed by atoms with Crippen LogP contribution in [-0.4, -0.2) is 76.8 Å². The molecule has 0 fully saturated rings. The van der Waals surface area contributed by atoms with Crippen molar-refractivity contribution in [3.05, 3.63) is 188 Å². The first kappa shape index (κ1) is 41.2. The van der Waals surface area contributed by atoms with E-state index in [1.54, 1.807) is 56.9 Å². The number of rotatable bonds is 12. The molecule has 4 aromatic heterocycles. The monoisotopic (exact) mass is 856 g/mol. The number of ether oxygens (including phenoxy) is 8. The number of aromatic nitrogens is 4. The van der Waals surface area contributed by atoms with E-state index < -0.39 is 0 Å². The summed E-state index contributed by atoms with van der Waals surface area (Å²) in [6.07, 6.45) is 0. The molecule has 0 unspecified atom stereocenters. The molecule has 4 N–H and O–H groups in total. The van der Waals surface area contributed by atoms with Crippen LogP contribution in [0.1, 0.15) is 45.0 Å². The number of benzene rings is 4. The van der Waals surface area contributed by atoms with Crippen LogP contribution in [0.2, 0.25) is 0 Å². The van der Waals surface area contributed by atoms with Gasteiger partial charge in [-0.25, -0.2) is 0 Å². The van der Waals surface area contributed by atoms with Crippen LogP contribution in [0.5, 0.6) is 46.0 Å². The molecule has 1 aliphatic rings. The minimum Gasteiger partial charge on any atom is -0.496 e. The van der Waals surface area contributed by atoms with E-state index in [-0.39, 0.29) is 0 Å². The molecular formula is C52H48N4O8. The largest absolute Gasteiger partial charge is 0.496 e. The molecule has 12 heteroatoms. The van der Waals surface area contributed by atoms with Crippen LogP contribution in [0, 0.1) is 0 Å². The maximum Gasteiger partial charge on any atom is 0.130 e. The number of hydrogen-bond donors (Lipinski definition) is 4. The van der Waals surface area contributed by atoms with E-state index in [0.717, 1.165) is 88.7 Å². The highest BCUT2D eigenvalue weighted by atomic mass is 16.5. The summed E-state index contributed by atoms with van der Waals surface area (Å²) in [7, 11) is 13.3. The van der Waals surface area contributed by atoms with Gasteiger partial charge in [-0.1, -0.05) is 24.3 Å². The molecule has 0 aliphatic carbocycles. The van der Waals surface area contributed by atoms with Crippen molar-refractivity contribution < 1.29 is 37.9 Å². The summed E-state index contributed by atoms with van der Waals surface area (Å²) in [5, 5.41) is 3.11. The average molecular weight is 857 g/mol. The first-order valence-electron chi connectivity index (χ1n) is 20.5. The summed E-state index contributed by atoms with van der Waals surface area (Å²) in [5.41, 5.74) is 9.31. The van der Waals surface area contributed by atoms with Crippen molar-refractivity contribution in [2.24, 2.45) is 0 Å². The Morgan fingerprint density at radius 2 is 0.422 bits per heavy atom. The maximum absolute atomic E-state index is 6.06. The van der Waals surface area contributed by atoms with Gasteiger partial charge in [0.25, 0.3) is 0 Å². The molecule has 324 valence electrons. The second kappa shape index (κ2) is 17.3. The lowest BCUT2D eigenvalue weighted by atomic mass is 10.00. The first-order chi connectivity index (χ1) is 31.4. The Morgan fingerprint density at radius 1 is 0.234 bits per heavy atom. The highest BCUT2D eigenvalue weighted by molar-refractivity contribution is 5.90. The number of hydrogen-bond acceptors (Lipinski definition) is 8. The normalized spacial score (nSPS) is 12.2. The molecule has 0 atom stereocenters. The Balaban J connectivity index is 1.52. The van der Waals surface area contributed by atoms with Crippen molar-refractivity contribution in [1.29, 1.82) is 0 Å². The molecule has 12 nitrogen and oxygen atoms in total. The van der Waals surface area contributed by atoms with Gasteiger partial charge in [0.05, 0.1) is 79.1 Å². The van der Waals surface area contributed by atoms with Crippen molar-refractivity contribution in [1.82, 2.24) is 19.9 Å². The zero-order valence-corrected chi connectivity index (χ0v) is 36.8. The average Bonchev–Trinajstić information content (AvgIpc) is 4.20. The summed E-state index contributed by atoms with van der Waals surface area (Å²) in [6.45, 7) is 0. The van der Waals surface area contributed by atoms with Crippen molar-refractivity contribution in [3.63, 3.8) is 0 Å². The van der Waals surface area contributed by atoms with Crippen molar-refractivity contribution >= 4 is 22.3 Å². The SMILES string of the molecule is COc1cccc(OC)c1C1=c2ccc([nH]2)=C(c2c(OC)cccc2OC)c2ccc([nH]2)C(c2c(OC)cccc2OC)=c2ccc([nH]2)=C(c2c(OC)cccc2OC)c2ccc1[nH]2. The highest BCUT2D eigenvalue weighted by Gasteiger charge is 2.27. The van der Waals surface area contributed by atoms with Gasteiger partial charge in [-0.2, -0.15) is 0 Å². The van der Waals surface area contributed by atoms with E-state index in [4.69, 9.17) is 37.9 Å². The smallest absolute Gasteiger partial charge is 0.130 e. The Morgan fingerprint density at radius 3 is 0.594 bits per heavy atom. The standard InChI is InChI=1S/C52H48N4O8/c1-57-37-13-9-14-38(58-2)49(37)45-29-21-23-31(53-29)46(50-39(59-3)15-10-16-40(50)60-4)33-25-27-35(55-33)48(52-43(63-7)19-12-20-44(52)64-8)36-28-26-34(56-36)47(32-24-22-30(45)54-32)51-41(61-5)17-11-18-42(51)62-6/h9-28,53-56H,1-8H3. The van der Waals surface area contributed by atoms with Crippen LogP contribution >= 0.6 is 0 Å². The molecule has 8 bridgehead atoms. The Labute approximate surface area is 369 Å². The van der Waals surface area contributed by atoms with E-state index in [9.17, 15) is 0 Å². The summed E-state index contributed by atoms with van der Waals surface area (Å²) in [4.78, 5) is 15.3. The number of fused-ring (bicyclic) bond motifs is 8. The van der Waals surface area contributed by atoms with Crippen molar-refractivity contribution in [3.8, 4) is 46.0 Å². The molecular weight excluding hydrogens is 809 g/mol. The third kappa shape index (κ3) is 6.89. The molecule has 0 saturated carbocycles. The second-order valence-corrected chi connectivity index (χ2v) is 14.8. The van der Waals surface area contributed by atoms with Gasteiger partial charge >= 0.3 is 0 Å². The van der Waals surface area contributed by atoms with Gasteiger partial charge in [0.1, 0.15) is 46.0 Å². The van der Waals surface area contributed by atoms with E-state index in [1.807, 2.05) is 72.8 Å². The van der Waals surface area contributed by atoms with Crippen LogP contribution in [0.15, 0.2) is 121 Å². The Bertz CT molecular complexity index is 2780. The molecule has 8 aromatic rings. The van der Waals surface area contributed by atoms with Gasteiger partial charge in [-0.3, -0.25) is 0 Å². The Hall–Kier alpha value is -8.12. The fourth-order valence-electron chi connectivity index (χ4n) is 8.80. The van der Waals surface area contributed by atoms with Crippen LogP contribution in [0.3, 0.4) is 0 Å². The van der Waals surface area contributed by atoms with Gasteiger partial charge < -0.3 is 57.8 Å². The quantitative estimate of drug-likeness (QED) is 0.111. The number of methoxy groups -OCH3 is 8. The molecule has 5 heterocycles. The molecule has 0 radical (unpaired) electrons. The lowest BCUT2D eigenvalue weighted by Gasteiger charge is -2.17. The van der Waals surface area contributed by atoms with Gasteiger partial charge in [0, 0.05) is 66.5 Å². The summed E-state index contributed by atoms with van der Waals surface area (Å²) >= 11 is 0. The molecule has 9 rings (SSSR count). The van der Waals surface area contributed by atoms with E-state index in [0.29, 0.717) is 46.0 Å². The van der Waals surface area contributed by atoms with Crippen molar-refractivity contribution in [2.75, 3.05) is 56.9 Å². The lowest BCUT2D eigenvalue weighted by molar-refractivity contribution is 0.392. The van der Waals surface area contributed by atoms with Crippen LogP contribution in [-0.2, 0) is 0 Å². The molecule has 0 amide bonds. The van der Waals surface area contributed by atoms with Gasteiger partial charge in [-0.15, -0.1) is 0 Å². The number of H-pyrrole nitrogens is 4. The molecule has 0 spiro atoms. The zero-order valence-electron chi connectivity index (χ0n) is 36.8. The van der Waals surface area contributed by atoms with E-state index >= 15 is 0 Å². The van der Waals surface area contributed by atoms with Crippen molar-refractivity contribution in [2.45, 2.75) is 0 Å². The topological polar surface area (TPSA) is 137 Å².